The summed E-state index contributed by atoms with van der Waals surface area (Å²) in [6.07, 6.45) is 3.49. The van der Waals surface area contributed by atoms with E-state index in [0.717, 1.165) is 5.56 Å². The maximum absolute atomic E-state index is 13.7. The molecule has 9 nitrogen and oxygen atoms in total. The van der Waals surface area contributed by atoms with Crippen molar-refractivity contribution in [1.29, 1.82) is 0 Å². The maximum atomic E-state index is 13.7. The number of nitrogens with one attached hydrogen (secondary N) is 2. The fourth-order valence-electron chi connectivity index (χ4n) is 4.03. The number of hydrogen-bond acceptors (Lipinski definition) is 6. The summed E-state index contributed by atoms with van der Waals surface area (Å²) in [5.74, 6) is 0.353. The van der Waals surface area contributed by atoms with Crippen LogP contribution in [0.25, 0.3) is 10.9 Å². The van der Waals surface area contributed by atoms with Crippen molar-refractivity contribution < 1.29 is 24.3 Å². The third kappa shape index (κ3) is 6.04. The normalized spacial score (nSPS) is 10.9. The molecule has 3 rings (SSSR count). The van der Waals surface area contributed by atoms with E-state index in [-0.39, 0.29) is 12.0 Å². The second-order valence-corrected chi connectivity index (χ2v) is 8.83. The number of carbonyl (C=O) groups is 2. The summed E-state index contributed by atoms with van der Waals surface area (Å²) in [6, 6.07) is 11.0. The van der Waals surface area contributed by atoms with Crippen LogP contribution in [0.3, 0.4) is 0 Å². The summed E-state index contributed by atoms with van der Waals surface area (Å²) >= 11 is 0. The Morgan fingerprint density at radius 2 is 1.69 bits per heavy atom. The number of H-pyrrole nitrogens is 1. The van der Waals surface area contributed by atoms with Crippen molar-refractivity contribution in [3.8, 4) is 11.5 Å². The first-order valence-corrected chi connectivity index (χ1v) is 11.9. The standard InChI is InChI=1S/C27H33N3O6/c1-17(2)18-9-11-19(12-10-18)30(13-7-5-6-8-25(31)29-34)27(33)21-16-28-22-15-24(36-4)23(35-3)14-20(22)26(21)32/h9-12,14-17,34H,5-8,13H2,1-4H3,(H,28,32)(H,29,31). The minimum Gasteiger partial charge on any atom is -0.493 e. The number of nitrogens with zero attached hydrogens (tertiary/aromatic N) is 1. The van der Waals surface area contributed by atoms with E-state index in [1.165, 1.54) is 20.4 Å². The lowest BCUT2D eigenvalue weighted by Gasteiger charge is -2.23. The van der Waals surface area contributed by atoms with Gasteiger partial charge in [-0.3, -0.25) is 19.6 Å². The van der Waals surface area contributed by atoms with Crippen LogP contribution >= 0.6 is 0 Å². The average molecular weight is 496 g/mol. The minimum absolute atomic E-state index is 0.0160. The topological polar surface area (TPSA) is 121 Å². The van der Waals surface area contributed by atoms with E-state index >= 15 is 0 Å². The molecular weight excluding hydrogens is 462 g/mol. The number of hydroxylamine groups is 1. The van der Waals surface area contributed by atoms with Gasteiger partial charge >= 0.3 is 0 Å². The number of anilines is 1. The Labute approximate surface area is 210 Å². The largest absolute Gasteiger partial charge is 0.493 e. The van der Waals surface area contributed by atoms with Crippen LogP contribution in [-0.2, 0) is 4.79 Å². The van der Waals surface area contributed by atoms with Crippen LogP contribution in [0.2, 0.25) is 0 Å². The number of fused-ring (bicyclic) bond motifs is 1. The van der Waals surface area contributed by atoms with Gasteiger partial charge in [-0.2, -0.15) is 0 Å². The number of aromatic nitrogens is 1. The number of amides is 2. The predicted molar refractivity (Wildman–Crippen MR) is 138 cm³/mol. The number of pyridine rings is 1. The Morgan fingerprint density at radius 1 is 1.03 bits per heavy atom. The van der Waals surface area contributed by atoms with Crippen molar-refractivity contribution in [2.75, 3.05) is 25.7 Å². The molecule has 0 aliphatic heterocycles. The van der Waals surface area contributed by atoms with Gasteiger partial charge < -0.3 is 19.4 Å². The zero-order valence-electron chi connectivity index (χ0n) is 21.1. The first kappa shape index (κ1) is 26.7. The number of ether oxygens (including phenoxy) is 2. The molecule has 2 amide bonds. The molecule has 1 heterocycles. The Kier molecular flexibility index (Phi) is 9.08. The van der Waals surface area contributed by atoms with Gasteiger partial charge in [0.15, 0.2) is 11.5 Å². The molecule has 1 aromatic heterocycles. The fraction of sp³-hybridized carbons (Fsp3) is 0.370. The second kappa shape index (κ2) is 12.2. The molecule has 36 heavy (non-hydrogen) atoms. The average Bonchev–Trinajstić information content (AvgIpc) is 2.89. The third-order valence-corrected chi connectivity index (χ3v) is 6.14. The number of hydrogen-bond donors (Lipinski definition) is 3. The van der Waals surface area contributed by atoms with Crippen molar-refractivity contribution in [2.24, 2.45) is 0 Å². The SMILES string of the molecule is COc1cc2[nH]cc(C(=O)N(CCCCCC(=O)NO)c3ccc(C(C)C)cc3)c(=O)c2cc1OC. The Balaban J connectivity index is 1.93. The van der Waals surface area contributed by atoms with Gasteiger partial charge in [0.2, 0.25) is 11.3 Å². The summed E-state index contributed by atoms with van der Waals surface area (Å²) in [6.45, 7) is 4.56. The number of rotatable bonds is 11. The lowest BCUT2D eigenvalue weighted by Crippen LogP contribution is -2.35. The smallest absolute Gasteiger partial charge is 0.263 e. The molecule has 0 aliphatic rings. The van der Waals surface area contributed by atoms with Crippen LogP contribution in [0.15, 0.2) is 47.4 Å². The quantitative estimate of drug-likeness (QED) is 0.206. The molecule has 0 radical (unpaired) electrons. The van der Waals surface area contributed by atoms with Crippen LogP contribution in [0.4, 0.5) is 5.69 Å². The van der Waals surface area contributed by atoms with Gasteiger partial charge in [-0.1, -0.05) is 32.4 Å². The highest BCUT2D eigenvalue weighted by molar-refractivity contribution is 6.07. The van der Waals surface area contributed by atoms with Gasteiger partial charge in [0.25, 0.3) is 5.91 Å². The molecule has 0 aliphatic carbocycles. The van der Waals surface area contributed by atoms with E-state index in [2.05, 4.69) is 18.8 Å². The molecule has 3 aromatic rings. The van der Waals surface area contributed by atoms with Crippen LogP contribution in [-0.4, -0.2) is 42.8 Å². The van der Waals surface area contributed by atoms with Crippen molar-refractivity contribution in [1.82, 2.24) is 10.5 Å². The Bertz CT molecular complexity index is 1270. The summed E-state index contributed by atoms with van der Waals surface area (Å²) in [4.78, 5) is 42.9. The molecule has 0 atom stereocenters. The molecule has 0 bridgehead atoms. The molecule has 0 spiro atoms. The van der Waals surface area contributed by atoms with Crippen LogP contribution in [0.1, 0.15) is 61.4 Å². The summed E-state index contributed by atoms with van der Waals surface area (Å²) in [5, 5.41) is 8.97. The van der Waals surface area contributed by atoms with Gasteiger partial charge in [0, 0.05) is 30.9 Å². The highest BCUT2D eigenvalue weighted by Crippen LogP contribution is 2.30. The van der Waals surface area contributed by atoms with Gasteiger partial charge in [0.05, 0.1) is 25.1 Å². The number of methoxy groups -OCH3 is 2. The molecule has 192 valence electrons. The lowest BCUT2D eigenvalue weighted by atomic mass is 10.0. The molecule has 3 N–H and O–H groups in total. The molecule has 0 saturated heterocycles. The van der Waals surface area contributed by atoms with Crippen molar-refractivity contribution in [3.63, 3.8) is 0 Å². The first-order valence-electron chi connectivity index (χ1n) is 11.9. The van der Waals surface area contributed by atoms with Crippen molar-refractivity contribution >= 4 is 28.4 Å². The zero-order valence-corrected chi connectivity index (χ0v) is 21.1. The Morgan fingerprint density at radius 3 is 2.31 bits per heavy atom. The maximum Gasteiger partial charge on any atom is 0.263 e. The molecule has 0 saturated carbocycles. The van der Waals surface area contributed by atoms with Crippen LogP contribution in [0.5, 0.6) is 11.5 Å². The fourth-order valence-corrected chi connectivity index (χ4v) is 4.03. The van der Waals surface area contributed by atoms with Crippen molar-refractivity contribution in [2.45, 2.75) is 45.4 Å². The number of carbonyl (C=O) groups excluding carboxylic acids is 2. The van der Waals surface area contributed by atoms with E-state index in [0.29, 0.717) is 59.8 Å². The summed E-state index contributed by atoms with van der Waals surface area (Å²) < 4.78 is 10.6. The number of unbranched alkanes of at least 4 members (excludes halogenated alkanes) is 2. The predicted octanol–water partition coefficient (Wildman–Crippen LogP) is 4.38. The molecule has 2 aromatic carbocycles. The van der Waals surface area contributed by atoms with Crippen LogP contribution in [0, 0.1) is 0 Å². The summed E-state index contributed by atoms with van der Waals surface area (Å²) in [5.41, 5.74) is 3.59. The second-order valence-electron chi connectivity index (χ2n) is 8.83. The monoisotopic (exact) mass is 495 g/mol. The zero-order chi connectivity index (χ0) is 26.2. The molecular formula is C27H33N3O6. The van der Waals surface area contributed by atoms with Crippen molar-refractivity contribution in [3.05, 3.63) is 63.9 Å². The van der Waals surface area contributed by atoms with Gasteiger partial charge in [-0.15, -0.1) is 0 Å². The summed E-state index contributed by atoms with van der Waals surface area (Å²) in [7, 11) is 3.00. The highest BCUT2D eigenvalue weighted by atomic mass is 16.5. The highest BCUT2D eigenvalue weighted by Gasteiger charge is 2.22. The third-order valence-electron chi connectivity index (χ3n) is 6.14. The van der Waals surface area contributed by atoms with E-state index in [4.69, 9.17) is 14.7 Å². The molecule has 0 unspecified atom stereocenters. The van der Waals surface area contributed by atoms with Gasteiger partial charge in [0.1, 0.15) is 5.56 Å². The lowest BCUT2D eigenvalue weighted by molar-refractivity contribution is -0.129. The van der Waals surface area contributed by atoms with E-state index in [1.807, 2.05) is 24.3 Å². The van der Waals surface area contributed by atoms with E-state index in [1.54, 1.807) is 22.5 Å². The minimum atomic E-state index is -0.443. The number of benzene rings is 2. The van der Waals surface area contributed by atoms with E-state index in [9.17, 15) is 14.4 Å². The van der Waals surface area contributed by atoms with Gasteiger partial charge in [-0.05, 0) is 42.5 Å². The van der Waals surface area contributed by atoms with E-state index < -0.39 is 17.2 Å². The first-order chi connectivity index (χ1) is 17.3. The Hall–Kier alpha value is -3.85. The number of aromatic amines is 1. The molecule has 0 fully saturated rings. The van der Waals surface area contributed by atoms with Gasteiger partial charge in [-0.25, -0.2) is 5.48 Å². The molecule has 9 heteroatoms. The van der Waals surface area contributed by atoms with Crippen LogP contribution < -0.4 is 25.3 Å².